The molecule has 1 aliphatic rings. The number of hydrogen-bond acceptors (Lipinski definition) is 5. The fourth-order valence-electron chi connectivity index (χ4n) is 2.71. The predicted molar refractivity (Wildman–Crippen MR) is 91.4 cm³/mol. The van der Waals surface area contributed by atoms with Gasteiger partial charge in [-0.3, -0.25) is 0 Å². The van der Waals surface area contributed by atoms with Gasteiger partial charge in [0.05, 0.1) is 17.7 Å². The molecule has 0 bridgehead atoms. The van der Waals surface area contributed by atoms with Crippen molar-refractivity contribution in [1.29, 1.82) is 0 Å². The molecule has 0 aromatic heterocycles. The number of hydrogen-bond donors (Lipinski definition) is 6. The van der Waals surface area contributed by atoms with Crippen molar-refractivity contribution in [2.75, 3.05) is 0 Å². The molecule has 8 nitrogen and oxygen atoms in total. The minimum atomic E-state index is -4.79. The molecule has 2 atom stereocenters. The van der Waals surface area contributed by atoms with E-state index in [1.807, 2.05) is 6.07 Å². The maximum atomic E-state index is 11.1. The first-order valence-electron chi connectivity index (χ1n) is 7.58. The number of phenolic OH excluding ortho intramolecular Hbond substituents is 1. The van der Waals surface area contributed by atoms with Crippen molar-refractivity contribution < 1.29 is 34.8 Å². The molecule has 25 heavy (non-hydrogen) atoms. The second-order valence-electron chi connectivity index (χ2n) is 5.78. The molecule has 2 unspecified atom stereocenters. The van der Waals surface area contributed by atoms with E-state index in [4.69, 9.17) is 9.79 Å². The van der Waals surface area contributed by atoms with Crippen molar-refractivity contribution >= 4 is 13.5 Å². The Kier molecular flexibility index (Phi) is 6.02. The minimum Gasteiger partial charge on any atom is -0.511 e. The Morgan fingerprint density at radius 1 is 1.16 bits per heavy atom. The molecule has 0 amide bonds. The van der Waals surface area contributed by atoms with Crippen LogP contribution in [-0.2, 0) is 11.0 Å². The number of phenols is 1. The first-order valence-corrected chi connectivity index (χ1v) is 9.15. The number of nitrogens with zero attached hydrogens (tertiary/aromatic N) is 1. The van der Waals surface area contributed by atoms with Gasteiger partial charge in [-0.2, -0.15) is 4.76 Å². The Balaban J connectivity index is 2.07. The van der Waals surface area contributed by atoms with Gasteiger partial charge >= 0.3 is 7.75 Å². The lowest BCUT2D eigenvalue weighted by atomic mass is 9.87. The van der Waals surface area contributed by atoms with Crippen LogP contribution in [0, 0.1) is 5.92 Å². The number of rotatable bonds is 6. The molecule has 0 fully saturated rings. The highest BCUT2D eigenvalue weighted by Crippen LogP contribution is 2.39. The van der Waals surface area contributed by atoms with Gasteiger partial charge in [-0.1, -0.05) is 12.1 Å². The van der Waals surface area contributed by atoms with Crippen LogP contribution in [0.3, 0.4) is 0 Å². The topological polar surface area (TPSA) is 151 Å². The zero-order valence-corrected chi connectivity index (χ0v) is 14.1. The fraction of sp³-hybridized carbons (Fsp3) is 0.312. The molecule has 0 saturated heterocycles. The molecule has 0 saturated carbocycles. The third-order valence-electron chi connectivity index (χ3n) is 3.74. The SMILES string of the molecule is O=P(O)(O)/N=C1\C=C(O)C=C(O)C1C(O)CCCc1cccc(O)c1. The molecule has 0 spiro atoms. The van der Waals surface area contributed by atoms with Gasteiger partial charge in [0.25, 0.3) is 0 Å². The average molecular weight is 369 g/mol. The lowest BCUT2D eigenvalue weighted by molar-refractivity contribution is 0.119. The van der Waals surface area contributed by atoms with Crippen molar-refractivity contribution in [2.45, 2.75) is 25.4 Å². The molecular weight excluding hydrogens is 349 g/mol. The van der Waals surface area contributed by atoms with Crippen LogP contribution >= 0.6 is 7.75 Å². The van der Waals surface area contributed by atoms with E-state index in [1.165, 1.54) is 0 Å². The lowest BCUT2D eigenvalue weighted by Gasteiger charge is -2.25. The second-order valence-corrected chi connectivity index (χ2v) is 7.01. The average Bonchev–Trinajstić information content (AvgIpc) is 2.44. The molecule has 0 aliphatic heterocycles. The van der Waals surface area contributed by atoms with E-state index in [9.17, 15) is 25.0 Å². The van der Waals surface area contributed by atoms with Crippen LogP contribution in [0.1, 0.15) is 18.4 Å². The Hall–Kier alpha value is -2.12. The maximum Gasteiger partial charge on any atom is 0.448 e. The molecule has 0 radical (unpaired) electrons. The van der Waals surface area contributed by atoms with Crippen molar-refractivity contribution in [3.8, 4) is 5.75 Å². The number of aryl methyl sites for hydroxylation is 1. The summed E-state index contributed by atoms with van der Waals surface area (Å²) >= 11 is 0. The maximum absolute atomic E-state index is 11.1. The summed E-state index contributed by atoms with van der Waals surface area (Å²) < 4.78 is 14.3. The van der Waals surface area contributed by atoms with Gasteiger partial charge in [0.15, 0.2) is 0 Å². The number of benzene rings is 1. The van der Waals surface area contributed by atoms with E-state index < -0.39 is 31.3 Å². The Morgan fingerprint density at radius 3 is 2.52 bits per heavy atom. The summed E-state index contributed by atoms with van der Waals surface area (Å²) in [5.41, 5.74) is 0.591. The van der Waals surface area contributed by atoms with Crippen LogP contribution in [0.15, 0.2) is 52.7 Å². The van der Waals surface area contributed by atoms with Crippen LogP contribution in [0.2, 0.25) is 0 Å². The molecule has 0 heterocycles. The number of aliphatic hydroxyl groups excluding tert-OH is 3. The van der Waals surface area contributed by atoms with E-state index in [0.29, 0.717) is 12.8 Å². The number of aliphatic hydroxyl groups is 3. The summed E-state index contributed by atoms with van der Waals surface area (Å²) in [5, 5.41) is 39.2. The first kappa shape index (κ1) is 19.2. The van der Waals surface area contributed by atoms with Gasteiger partial charge in [0, 0.05) is 12.2 Å². The highest BCUT2D eigenvalue weighted by Gasteiger charge is 2.32. The van der Waals surface area contributed by atoms with E-state index in [0.717, 1.165) is 17.7 Å². The summed E-state index contributed by atoms with van der Waals surface area (Å²) in [4.78, 5) is 18.0. The van der Waals surface area contributed by atoms with Gasteiger partial charge in [0.1, 0.15) is 17.3 Å². The lowest BCUT2D eigenvalue weighted by Crippen LogP contribution is -2.31. The number of aromatic hydroxyl groups is 1. The van der Waals surface area contributed by atoms with Gasteiger partial charge in [0.2, 0.25) is 0 Å². The molecule has 1 aromatic carbocycles. The van der Waals surface area contributed by atoms with Crippen LogP contribution in [0.25, 0.3) is 0 Å². The largest absolute Gasteiger partial charge is 0.511 e. The molecule has 9 heteroatoms. The zero-order valence-electron chi connectivity index (χ0n) is 13.2. The third kappa shape index (κ3) is 5.72. The van der Waals surface area contributed by atoms with Crippen molar-refractivity contribution in [2.24, 2.45) is 10.7 Å². The molecule has 1 aliphatic carbocycles. The normalized spacial score (nSPS) is 20.9. The third-order valence-corrected chi connectivity index (χ3v) is 4.23. The minimum absolute atomic E-state index is 0.141. The van der Waals surface area contributed by atoms with Crippen LogP contribution < -0.4 is 0 Å². The highest BCUT2D eigenvalue weighted by atomic mass is 31.2. The monoisotopic (exact) mass is 369 g/mol. The Labute approximate surface area is 144 Å². The molecule has 6 N–H and O–H groups in total. The molecular formula is C16H20NO7P. The highest BCUT2D eigenvalue weighted by molar-refractivity contribution is 7.50. The summed E-state index contributed by atoms with van der Waals surface area (Å²) in [7, 11) is -4.79. The zero-order chi connectivity index (χ0) is 18.6. The standard InChI is InChI=1S/C16H20NO7P/c18-11-5-1-3-10(7-11)4-2-6-14(20)16-13(17-25(22,23)24)8-12(19)9-15(16)21/h1,3,5,7-9,14,16,18-21H,2,4,6H2,(H2,22,23,24)/b17-13+. The van der Waals surface area contributed by atoms with Gasteiger partial charge in [-0.15, -0.1) is 0 Å². The molecule has 2 rings (SSSR count). The van der Waals surface area contributed by atoms with Crippen molar-refractivity contribution in [3.63, 3.8) is 0 Å². The quantitative estimate of drug-likeness (QED) is 0.420. The van der Waals surface area contributed by atoms with Crippen molar-refractivity contribution in [1.82, 2.24) is 0 Å². The predicted octanol–water partition coefficient (Wildman–Crippen LogP) is 2.12. The molecule has 1 aromatic rings. The van der Waals surface area contributed by atoms with Crippen LogP contribution in [-0.4, -0.2) is 42.0 Å². The van der Waals surface area contributed by atoms with Gasteiger partial charge in [-0.25, -0.2) is 4.57 Å². The molecule has 136 valence electrons. The van der Waals surface area contributed by atoms with E-state index in [-0.39, 0.29) is 17.9 Å². The summed E-state index contributed by atoms with van der Waals surface area (Å²) in [6.45, 7) is 0. The van der Waals surface area contributed by atoms with Gasteiger partial charge in [-0.05, 0) is 37.0 Å². The fourth-order valence-corrected chi connectivity index (χ4v) is 3.19. The van der Waals surface area contributed by atoms with E-state index >= 15 is 0 Å². The van der Waals surface area contributed by atoms with Crippen LogP contribution in [0.4, 0.5) is 0 Å². The summed E-state index contributed by atoms with van der Waals surface area (Å²) in [5.74, 6) is -1.82. The second kappa shape index (κ2) is 7.84. The van der Waals surface area contributed by atoms with Gasteiger partial charge < -0.3 is 30.2 Å². The number of allylic oxidation sites excluding steroid dienone is 2. The van der Waals surface area contributed by atoms with Crippen molar-refractivity contribution in [3.05, 3.63) is 53.5 Å². The summed E-state index contributed by atoms with van der Waals surface area (Å²) in [6, 6.07) is 6.68. The van der Waals surface area contributed by atoms with E-state index in [2.05, 4.69) is 4.76 Å². The van der Waals surface area contributed by atoms with Crippen LogP contribution in [0.5, 0.6) is 5.75 Å². The first-order chi connectivity index (χ1) is 11.7. The summed E-state index contributed by atoms with van der Waals surface area (Å²) in [6.07, 6.45) is 2.14. The smallest absolute Gasteiger partial charge is 0.448 e. The van der Waals surface area contributed by atoms with E-state index in [1.54, 1.807) is 18.2 Å². The Morgan fingerprint density at radius 2 is 1.88 bits per heavy atom. The Bertz CT molecular complexity index is 766.